The molecule has 0 unspecified atom stereocenters. The van der Waals surface area contributed by atoms with Gasteiger partial charge in [0.25, 0.3) is 10.0 Å². The highest BCUT2D eigenvalue weighted by molar-refractivity contribution is 7.90. The molecule has 0 aliphatic carbocycles. The molecule has 0 saturated heterocycles. The normalized spacial score (nSPS) is 12.6. The van der Waals surface area contributed by atoms with Crippen molar-refractivity contribution < 1.29 is 21.9 Å². The molecule has 23 heavy (non-hydrogen) atoms. The van der Waals surface area contributed by atoms with Gasteiger partial charge in [-0.05, 0) is 13.0 Å². The topological polar surface area (TPSA) is 73.5 Å². The molecule has 0 bridgehead atoms. The number of ether oxygens (including phenoxy) is 1. The minimum Gasteiger partial charge on any atom is -0.361 e. The molecule has 0 saturated carbocycles. The third kappa shape index (κ3) is 4.12. The van der Waals surface area contributed by atoms with Crippen LogP contribution in [0.15, 0.2) is 40.0 Å². The van der Waals surface area contributed by atoms with Crippen LogP contribution >= 0.6 is 11.6 Å². The zero-order valence-corrected chi connectivity index (χ0v) is 13.5. The van der Waals surface area contributed by atoms with Crippen LogP contribution in [0, 0.1) is 11.6 Å². The number of sulfonamides is 1. The summed E-state index contributed by atoms with van der Waals surface area (Å²) >= 11 is 5.51. The minimum atomic E-state index is -4.44. The Hall–Kier alpha value is -1.84. The van der Waals surface area contributed by atoms with Gasteiger partial charge in [0.1, 0.15) is 23.3 Å². The molecule has 10 heteroatoms. The zero-order valence-electron chi connectivity index (χ0n) is 11.9. The summed E-state index contributed by atoms with van der Waals surface area (Å²) in [6.45, 7) is 2.18. The Morgan fingerprint density at radius 2 is 2.09 bits per heavy atom. The summed E-state index contributed by atoms with van der Waals surface area (Å²) in [6, 6.07) is 2.39. The summed E-state index contributed by atoms with van der Waals surface area (Å²) < 4.78 is 61.4. The molecule has 0 atom stereocenters. The molecular weight excluding hydrogens is 352 g/mol. The second-order valence-electron chi connectivity index (χ2n) is 4.29. The predicted molar refractivity (Wildman–Crippen MR) is 78.0 cm³/mol. The van der Waals surface area contributed by atoms with Crippen LogP contribution in [0.3, 0.4) is 0 Å². The Morgan fingerprint density at radius 1 is 1.35 bits per heavy atom. The molecule has 6 nitrogen and oxygen atoms in total. The van der Waals surface area contributed by atoms with E-state index in [-0.39, 0.29) is 12.2 Å². The van der Waals surface area contributed by atoms with E-state index in [0.29, 0.717) is 18.7 Å². The van der Waals surface area contributed by atoms with E-state index in [1.165, 1.54) is 23.2 Å². The average Bonchev–Trinajstić information content (AvgIpc) is 2.49. The summed E-state index contributed by atoms with van der Waals surface area (Å²) in [6.07, 6.45) is 2.64. The molecule has 2 rings (SSSR count). The fourth-order valence-corrected chi connectivity index (χ4v) is 2.94. The molecule has 1 aromatic carbocycles. The van der Waals surface area contributed by atoms with Crippen molar-refractivity contribution >= 4 is 21.6 Å². The number of hydrogen-bond acceptors (Lipinski definition) is 4. The molecule has 0 radical (unpaired) electrons. The first-order chi connectivity index (χ1) is 10.8. The summed E-state index contributed by atoms with van der Waals surface area (Å²) in [5.41, 5.74) is -0.0201. The zero-order chi connectivity index (χ0) is 17.0. The van der Waals surface area contributed by atoms with Crippen LogP contribution in [0.1, 0.15) is 6.92 Å². The molecule has 124 valence electrons. The third-order valence-corrected chi connectivity index (χ3v) is 4.30. The fourth-order valence-electron chi connectivity index (χ4n) is 1.63. The number of rotatable bonds is 5. The average molecular weight is 364 g/mol. The van der Waals surface area contributed by atoms with Gasteiger partial charge in [0.15, 0.2) is 5.49 Å². The quantitative estimate of drug-likeness (QED) is 0.762. The first kappa shape index (κ1) is 17.5. The van der Waals surface area contributed by atoms with Crippen molar-refractivity contribution in [2.45, 2.75) is 18.6 Å². The second kappa shape index (κ2) is 7.16. The lowest BCUT2D eigenvalue weighted by atomic mass is 10.3. The van der Waals surface area contributed by atoms with E-state index in [1.807, 2.05) is 0 Å². The van der Waals surface area contributed by atoms with Gasteiger partial charge in [0.05, 0.1) is 11.3 Å². The number of nitrogens with zero attached hydrogens (tertiary/aromatic N) is 3. The Labute approximate surface area is 136 Å². The van der Waals surface area contributed by atoms with E-state index in [9.17, 15) is 17.2 Å². The van der Waals surface area contributed by atoms with E-state index < -0.39 is 31.6 Å². The summed E-state index contributed by atoms with van der Waals surface area (Å²) in [5, 5.41) is -0.517. The van der Waals surface area contributed by atoms with Gasteiger partial charge >= 0.3 is 0 Å². The van der Waals surface area contributed by atoms with Gasteiger partial charge < -0.3 is 4.74 Å². The number of hydrogen-bond donors (Lipinski definition) is 0. The van der Waals surface area contributed by atoms with Gasteiger partial charge in [-0.2, -0.15) is 8.42 Å². The van der Waals surface area contributed by atoms with Crippen LogP contribution in [0.2, 0.25) is 5.02 Å². The van der Waals surface area contributed by atoms with E-state index in [4.69, 9.17) is 16.3 Å². The lowest BCUT2D eigenvalue weighted by Gasteiger charge is -2.07. The lowest BCUT2D eigenvalue weighted by molar-refractivity contribution is 0.0841. The van der Waals surface area contributed by atoms with Gasteiger partial charge in [0.2, 0.25) is 0 Å². The van der Waals surface area contributed by atoms with E-state index in [0.717, 1.165) is 0 Å². The standard InChI is InChI=1S/C13H12ClF2N3O3S/c1-2-22-8-19-7-17-4-3-13(19)18-23(20,21)12-5-9(14)10(15)6-11(12)16/h3-7H,2,8H2,1H3. The Kier molecular flexibility index (Phi) is 5.45. The van der Waals surface area contributed by atoms with Crippen molar-refractivity contribution in [1.29, 1.82) is 0 Å². The highest BCUT2D eigenvalue weighted by Gasteiger charge is 2.21. The van der Waals surface area contributed by atoms with Crippen LogP contribution in [0.25, 0.3) is 0 Å². The molecule has 0 aliphatic rings. The van der Waals surface area contributed by atoms with Crippen molar-refractivity contribution in [1.82, 2.24) is 9.55 Å². The van der Waals surface area contributed by atoms with Gasteiger partial charge in [-0.25, -0.2) is 13.8 Å². The van der Waals surface area contributed by atoms with Crippen molar-refractivity contribution in [3.63, 3.8) is 0 Å². The van der Waals surface area contributed by atoms with Crippen LogP contribution in [0.4, 0.5) is 8.78 Å². The smallest absolute Gasteiger partial charge is 0.287 e. The molecule has 0 amide bonds. The van der Waals surface area contributed by atoms with Crippen LogP contribution in [-0.4, -0.2) is 24.6 Å². The SMILES string of the molecule is CCOCn1cnccc1=NS(=O)(=O)c1cc(Cl)c(F)cc1F. The maximum atomic E-state index is 13.8. The van der Waals surface area contributed by atoms with Crippen LogP contribution < -0.4 is 5.49 Å². The summed E-state index contributed by atoms with van der Waals surface area (Å²) in [4.78, 5) is 3.01. The highest BCUT2D eigenvalue weighted by Crippen LogP contribution is 2.24. The molecule has 0 aliphatic heterocycles. The largest absolute Gasteiger partial charge is 0.361 e. The lowest BCUT2D eigenvalue weighted by Crippen LogP contribution is -2.23. The van der Waals surface area contributed by atoms with Crippen molar-refractivity contribution in [2.24, 2.45) is 4.40 Å². The molecule has 0 N–H and O–H groups in total. The van der Waals surface area contributed by atoms with E-state index in [2.05, 4.69) is 9.38 Å². The maximum absolute atomic E-state index is 13.8. The van der Waals surface area contributed by atoms with Gasteiger partial charge in [0, 0.05) is 24.9 Å². The molecule has 0 spiro atoms. The fraction of sp³-hybridized carbons (Fsp3) is 0.231. The first-order valence-electron chi connectivity index (χ1n) is 6.39. The van der Waals surface area contributed by atoms with E-state index >= 15 is 0 Å². The minimum absolute atomic E-state index is 0.0192. The predicted octanol–water partition coefficient (Wildman–Crippen LogP) is 2.10. The Bertz CT molecular complexity index is 884. The van der Waals surface area contributed by atoms with E-state index in [1.54, 1.807) is 6.92 Å². The van der Waals surface area contributed by atoms with Gasteiger partial charge in [-0.3, -0.25) is 4.57 Å². The van der Waals surface area contributed by atoms with Crippen molar-refractivity contribution in [3.8, 4) is 0 Å². The third-order valence-electron chi connectivity index (χ3n) is 2.71. The van der Waals surface area contributed by atoms with Crippen molar-refractivity contribution in [2.75, 3.05) is 6.61 Å². The number of aromatic nitrogens is 2. The van der Waals surface area contributed by atoms with Crippen LogP contribution in [0.5, 0.6) is 0 Å². The number of benzene rings is 1. The highest BCUT2D eigenvalue weighted by atomic mass is 35.5. The molecule has 1 aromatic heterocycles. The number of halogens is 3. The second-order valence-corrected chi connectivity index (χ2v) is 6.27. The first-order valence-corrected chi connectivity index (χ1v) is 8.20. The maximum Gasteiger partial charge on any atom is 0.287 e. The molecule has 2 aromatic rings. The summed E-state index contributed by atoms with van der Waals surface area (Å²) in [5.74, 6) is -2.33. The van der Waals surface area contributed by atoms with Gasteiger partial charge in [-0.1, -0.05) is 11.6 Å². The van der Waals surface area contributed by atoms with Crippen molar-refractivity contribution in [3.05, 3.63) is 52.9 Å². The molecule has 1 heterocycles. The van der Waals surface area contributed by atoms with Crippen LogP contribution in [-0.2, 0) is 21.5 Å². The Balaban J connectivity index is 2.56. The monoisotopic (exact) mass is 363 g/mol. The molecular formula is C13H12ClF2N3O3S. The van der Waals surface area contributed by atoms with Gasteiger partial charge in [-0.15, -0.1) is 4.40 Å². The Morgan fingerprint density at radius 3 is 2.78 bits per heavy atom. The summed E-state index contributed by atoms with van der Waals surface area (Å²) in [7, 11) is -4.44. The molecule has 0 fully saturated rings.